The molecule has 0 saturated carbocycles. The third-order valence-corrected chi connectivity index (χ3v) is 4.87. The number of unbranched alkanes of at least 4 members (excludes halogenated alkanes) is 5. The van der Waals surface area contributed by atoms with Crippen LogP contribution >= 0.6 is 35.1 Å². The summed E-state index contributed by atoms with van der Waals surface area (Å²) < 4.78 is 2.51. The first-order chi connectivity index (χ1) is 8.20. The average Bonchev–Trinajstić information content (AvgIpc) is 2.59. The second-order valence-corrected chi connectivity index (χ2v) is 6.27. The van der Waals surface area contributed by atoms with Gasteiger partial charge < -0.3 is 4.79 Å². The molecular weight excluding hydrogens is 277 g/mol. The van der Waals surface area contributed by atoms with E-state index in [0.29, 0.717) is 9.40 Å². The molecule has 0 saturated heterocycles. The molecule has 0 bridgehead atoms. The Hall–Kier alpha value is 0.300. The summed E-state index contributed by atoms with van der Waals surface area (Å²) in [5.41, 5.74) is 0. The van der Waals surface area contributed by atoms with Crippen molar-refractivity contribution in [2.45, 2.75) is 51.5 Å². The standard InChI is InChI=1S/C12H19Cl2NOS/c1-2-3-4-5-6-7-8-15-10(9-16)11(13)12(14)17-15/h9-10H,2-8H2,1H3. The van der Waals surface area contributed by atoms with Gasteiger partial charge >= 0.3 is 0 Å². The molecule has 1 rings (SSSR count). The van der Waals surface area contributed by atoms with Gasteiger partial charge in [-0.1, -0.05) is 62.2 Å². The Morgan fingerprint density at radius 3 is 2.53 bits per heavy atom. The van der Waals surface area contributed by atoms with Crippen LogP contribution in [0.25, 0.3) is 0 Å². The zero-order chi connectivity index (χ0) is 12.7. The van der Waals surface area contributed by atoms with Gasteiger partial charge in [0.05, 0.1) is 5.03 Å². The molecule has 0 radical (unpaired) electrons. The van der Waals surface area contributed by atoms with Gasteiger partial charge in [-0.3, -0.25) is 0 Å². The molecule has 1 heterocycles. The quantitative estimate of drug-likeness (QED) is 0.373. The van der Waals surface area contributed by atoms with Crippen LogP contribution in [-0.2, 0) is 4.79 Å². The highest BCUT2D eigenvalue weighted by molar-refractivity contribution is 8.02. The molecule has 17 heavy (non-hydrogen) atoms. The van der Waals surface area contributed by atoms with Gasteiger partial charge in [0.25, 0.3) is 0 Å². The van der Waals surface area contributed by atoms with Gasteiger partial charge in [0, 0.05) is 6.54 Å². The molecule has 1 aliphatic heterocycles. The Kier molecular flexibility index (Phi) is 7.60. The van der Waals surface area contributed by atoms with E-state index < -0.39 is 0 Å². The number of nitrogens with zero attached hydrogens (tertiary/aromatic N) is 1. The molecule has 0 amide bonds. The van der Waals surface area contributed by atoms with Gasteiger partial charge in [0.2, 0.25) is 0 Å². The zero-order valence-electron chi connectivity index (χ0n) is 10.1. The summed E-state index contributed by atoms with van der Waals surface area (Å²) >= 11 is 13.3. The predicted molar refractivity (Wildman–Crippen MR) is 76.3 cm³/mol. The molecule has 0 aromatic carbocycles. The number of halogens is 2. The highest BCUT2D eigenvalue weighted by atomic mass is 35.5. The SMILES string of the molecule is CCCCCCCCN1SC(Cl)=C(Cl)C1C=O. The molecule has 1 atom stereocenters. The van der Waals surface area contributed by atoms with Crippen LogP contribution in [0.5, 0.6) is 0 Å². The maximum absolute atomic E-state index is 10.9. The van der Waals surface area contributed by atoms with Crippen molar-refractivity contribution in [3.63, 3.8) is 0 Å². The minimum absolute atomic E-state index is 0.343. The van der Waals surface area contributed by atoms with Crippen molar-refractivity contribution in [1.29, 1.82) is 0 Å². The third kappa shape index (κ3) is 4.82. The third-order valence-electron chi connectivity index (χ3n) is 2.82. The number of carbonyl (C=O) groups is 1. The smallest absolute Gasteiger partial charge is 0.143 e. The van der Waals surface area contributed by atoms with Gasteiger partial charge in [-0.2, -0.15) is 0 Å². The van der Waals surface area contributed by atoms with Gasteiger partial charge in [0.1, 0.15) is 16.7 Å². The Labute approximate surface area is 118 Å². The lowest BCUT2D eigenvalue weighted by Gasteiger charge is -2.18. The van der Waals surface area contributed by atoms with E-state index in [1.54, 1.807) is 0 Å². The second kappa shape index (κ2) is 8.41. The van der Waals surface area contributed by atoms with Crippen molar-refractivity contribution < 1.29 is 4.79 Å². The Morgan fingerprint density at radius 2 is 1.88 bits per heavy atom. The van der Waals surface area contributed by atoms with Crippen LogP contribution in [0.15, 0.2) is 9.40 Å². The van der Waals surface area contributed by atoms with Crippen molar-refractivity contribution in [3.8, 4) is 0 Å². The molecular formula is C12H19Cl2NOS. The Morgan fingerprint density at radius 1 is 1.24 bits per heavy atom. The molecule has 0 N–H and O–H groups in total. The highest BCUT2D eigenvalue weighted by Gasteiger charge is 2.31. The van der Waals surface area contributed by atoms with Gasteiger partial charge in [-0.15, -0.1) is 0 Å². The minimum Gasteiger partial charge on any atom is -0.301 e. The summed E-state index contributed by atoms with van der Waals surface area (Å²) in [4.78, 5) is 10.9. The molecule has 1 unspecified atom stereocenters. The summed E-state index contributed by atoms with van der Waals surface area (Å²) in [7, 11) is 0. The van der Waals surface area contributed by atoms with Gasteiger partial charge in [0.15, 0.2) is 0 Å². The van der Waals surface area contributed by atoms with Crippen LogP contribution in [0, 0.1) is 0 Å². The Balaban J connectivity index is 2.18. The van der Waals surface area contributed by atoms with Crippen LogP contribution in [0.4, 0.5) is 0 Å². The fourth-order valence-electron chi connectivity index (χ4n) is 1.81. The zero-order valence-corrected chi connectivity index (χ0v) is 12.5. The molecule has 0 aromatic heterocycles. The summed E-state index contributed by atoms with van der Waals surface area (Å²) in [6.45, 7) is 3.08. The first-order valence-corrected chi connectivity index (χ1v) is 7.68. The molecule has 2 nitrogen and oxygen atoms in total. The fraction of sp³-hybridized carbons (Fsp3) is 0.750. The summed E-state index contributed by atoms with van der Waals surface area (Å²) in [5.74, 6) is 0. The van der Waals surface area contributed by atoms with Crippen LogP contribution in [0.1, 0.15) is 45.4 Å². The molecule has 0 spiro atoms. The molecule has 0 fully saturated rings. The summed E-state index contributed by atoms with van der Waals surface area (Å²) in [5, 5.41) is 0.470. The molecule has 0 aromatic rings. The number of hydrogen-bond acceptors (Lipinski definition) is 3. The van der Waals surface area contributed by atoms with E-state index in [1.807, 2.05) is 4.31 Å². The van der Waals surface area contributed by atoms with E-state index in [9.17, 15) is 4.79 Å². The van der Waals surface area contributed by atoms with E-state index in [4.69, 9.17) is 23.2 Å². The van der Waals surface area contributed by atoms with Crippen LogP contribution in [0.3, 0.4) is 0 Å². The van der Waals surface area contributed by atoms with Crippen LogP contribution in [-0.4, -0.2) is 23.2 Å². The van der Waals surface area contributed by atoms with Gasteiger partial charge in [-0.25, -0.2) is 4.31 Å². The lowest BCUT2D eigenvalue weighted by atomic mass is 10.1. The normalized spacial score (nSPS) is 21.2. The Bertz CT molecular complexity index is 284. The highest BCUT2D eigenvalue weighted by Crippen LogP contribution is 2.41. The van der Waals surface area contributed by atoms with Crippen molar-refractivity contribution in [3.05, 3.63) is 9.40 Å². The first kappa shape index (κ1) is 15.4. The fourth-order valence-corrected chi connectivity index (χ4v) is 3.42. The van der Waals surface area contributed by atoms with E-state index in [2.05, 4.69) is 6.92 Å². The average molecular weight is 296 g/mol. The molecule has 1 aliphatic rings. The maximum atomic E-state index is 10.9. The first-order valence-electron chi connectivity index (χ1n) is 6.15. The van der Waals surface area contributed by atoms with E-state index in [0.717, 1.165) is 19.3 Å². The van der Waals surface area contributed by atoms with E-state index in [1.165, 1.54) is 44.1 Å². The topological polar surface area (TPSA) is 20.3 Å². The van der Waals surface area contributed by atoms with Gasteiger partial charge in [-0.05, 0) is 18.4 Å². The predicted octanol–water partition coefficient (Wildman–Crippen LogP) is 4.52. The largest absolute Gasteiger partial charge is 0.301 e. The lowest BCUT2D eigenvalue weighted by molar-refractivity contribution is -0.109. The van der Waals surface area contributed by atoms with Crippen molar-refractivity contribution in [1.82, 2.24) is 4.31 Å². The van der Waals surface area contributed by atoms with Crippen molar-refractivity contribution in [2.75, 3.05) is 6.54 Å². The summed E-state index contributed by atoms with van der Waals surface area (Å²) in [6.07, 6.45) is 8.32. The number of hydrogen-bond donors (Lipinski definition) is 0. The van der Waals surface area contributed by atoms with Crippen molar-refractivity contribution >= 4 is 41.4 Å². The second-order valence-electron chi connectivity index (χ2n) is 4.20. The van der Waals surface area contributed by atoms with E-state index >= 15 is 0 Å². The lowest BCUT2D eigenvalue weighted by Crippen LogP contribution is -2.28. The maximum Gasteiger partial charge on any atom is 0.143 e. The van der Waals surface area contributed by atoms with Crippen LogP contribution < -0.4 is 0 Å². The molecule has 5 heteroatoms. The number of rotatable bonds is 8. The number of carbonyl (C=O) groups excluding carboxylic acids is 1. The summed E-state index contributed by atoms with van der Waals surface area (Å²) in [6, 6.07) is -0.343. The molecule has 0 aliphatic carbocycles. The van der Waals surface area contributed by atoms with Crippen LogP contribution in [0.2, 0.25) is 0 Å². The van der Waals surface area contributed by atoms with Crippen molar-refractivity contribution in [2.24, 2.45) is 0 Å². The molecule has 98 valence electrons. The number of aldehydes is 1. The van der Waals surface area contributed by atoms with E-state index in [-0.39, 0.29) is 6.04 Å². The minimum atomic E-state index is -0.343. The monoisotopic (exact) mass is 295 g/mol.